The lowest BCUT2D eigenvalue weighted by molar-refractivity contribution is -0.157. The van der Waals surface area contributed by atoms with Gasteiger partial charge in [-0.15, -0.1) is 0 Å². The molecule has 1 aliphatic rings. The summed E-state index contributed by atoms with van der Waals surface area (Å²) in [4.78, 5) is 23.1. The molecule has 6 heteroatoms. The number of aliphatic carboxylic acids is 1. The van der Waals surface area contributed by atoms with Crippen molar-refractivity contribution >= 4 is 35.1 Å². The molecule has 1 amide bonds. The Morgan fingerprint density at radius 2 is 2.00 bits per heavy atom. The smallest absolute Gasteiger partial charge is 0.310 e. The molecule has 1 aliphatic carbocycles. The number of carboxylic acids is 1. The second kappa shape index (κ2) is 6.67. The monoisotopic (exact) mass is 329 g/mol. The molecule has 0 saturated heterocycles. The highest BCUT2D eigenvalue weighted by Crippen LogP contribution is 2.44. The van der Waals surface area contributed by atoms with Crippen LogP contribution in [0.25, 0.3) is 0 Å². The Balaban J connectivity index is 1.80. The number of nitrogens with one attached hydrogen (secondary N) is 1. The fourth-order valence-electron chi connectivity index (χ4n) is 2.50. The van der Waals surface area contributed by atoms with Crippen LogP contribution in [0.1, 0.15) is 31.2 Å². The summed E-state index contributed by atoms with van der Waals surface area (Å²) in [6.07, 6.45) is 2.68. The van der Waals surface area contributed by atoms with Gasteiger partial charge in [0, 0.05) is 23.0 Å². The Bertz CT molecular complexity index is 556. The van der Waals surface area contributed by atoms with Crippen molar-refractivity contribution in [2.75, 3.05) is 6.54 Å². The summed E-state index contributed by atoms with van der Waals surface area (Å²) in [5, 5.41) is 13.1. The van der Waals surface area contributed by atoms with E-state index in [1.807, 2.05) is 6.07 Å². The number of carbonyl (C=O) groups excluding carboxylic acids is 1. The van der Waals surface area contributed by atoms with Gasteiger partial charge in [-0.05, 0) is 37.0 Å². The molecule has 1 aromatic rings. The van der Waals surface area contributed by atoms with Crippen LogP contribution >= 0.6 is 23.2 Å². The van der Waals surface area contributed by atoms with Gasteiger partial charge in [-0.1, -0.05) is 35.7 Å². The Labute approximate surface area is 133 Å². The van der Waals surface area contributed by atoms with Gasteiger partial charge in [0.15, 0.2) is 0 Å². The van der Waals surface area contributed by atoms with Crippen LogP contribution in [0.15, 0.2) is 18.2 Å². The van der Waals surface area contributed by atoms with E-state index >= 15 is 0 Å². The molecule has 2 N–H and O–H groups in total. The molecular weight excluding hydrogens is 313 g/mol. The lowest BCUT2D eigenvalue weighted by Crippen LogP contribution is -2.42. The molecule has 0 spiro atoms. The second-order valence-electron chi connectivity index (χ2n) is 5.45. The number of amides is 1. The second-order valence-corrected chi connectivity index (χ2v) is 6.30. The van der Waals surface area contributed by atoms with E-state index in [0.29, 0.717) is 35.9 Å². The van der Waals surface area contributed by atoms with Gasteiger partial charge in [0.25, 0.3) is 0 Å². The molecule has 4 nitrogen and oxygen atoms in total. The molecule has 1 fully saturated rings. The largest absolute Gasteiger partial charge is 0.481 e. The molecule has 21 heavy (non-hydrogen) atoms. The molecular formula is C15H17Cl2NO3. The Hall–Kier alpha value is -1.26. The van der Waals surface area contributed by atoms with Crippen molar-refractivity contribution in [1.82, 2.24) is 5.32 Å². The average molecular weight is 330 g/mol. The normalized spacial score (nSPS) is 16.1. The lowest BCUT2D eigenvalue weighted by atomic mass is 9.66. The van der Waals surface area contributed by atoms with Crippen LogP contribution in [0.5, 0.6) is 0 Å². The quantitative estimate of drug-likeness (QED) is 0.841. The predicted octanol–water partition coefficient (Wildman–Crippen LogP) is 3.30. The molecule has 0 bridgehead atoms. The molecule has 0 aromatic heterocycles. The van der Waals surface area contributed by atoms with E-state index in [9.17, 15) is 14.7 Å². The zero-order valence-corrected chi connectivity index (χ0v) is 13.0. The number of hydrogen-bond donors (Lipinski definition) is 2. The van der Waals surface area contributed by atoms with Crippen molar-refractivity contribution in [3.63, 3.8) is 0 Å². The SMILES string of the molecule is O=C(CC1(C(=O)O)CCC1)NCCc1ccc(Cl)cc1Cl. The van der Waals surface area contributed by atoms with Crippen LogP contribution in [0.3, 0.4) is 0 Å². The van der Waals surface area contributed by atoms with Crippen molar-refractivity contribution in [3.05, 3.63) is 33.8 Å². The van der Waals surface area contributed by atoms with Crippen molar-refractivity contribution in [1.29, 1.82) is 0 Å². The number of hydrogen-bond acceptors (Lipinski definition) is 2. The first-order valence-electron chi connectivity index (χ1n) is 6.87. The highest BCUT2D eigenvalue weighted by molar-refractivity contribution is 6.35. The molecule has 0 heterocycles. The average Bonchev–Trinajstić information content (AvgIpc) is 2.36. The zero-order valence-electron chi connectivity index (χ0n) is 11.5. The minimum Gasteiger partial charge on any atom is -0.481 e. The highest BCUT2D eigenvalue weighted by Gasteiger charge is 2.45. The standard InChI is InChI=1S/C15H17Cl2NO3/c16-11-3-2-10(12(17)8-11)4-7-18-13(19)9-15(14(20)21)5-1-6-15/h2-3,8H,1,4-7,9H2,(H,18,19)(H,20,21). The van der Waals surface area contributed by atoms with E-state index in [1.165, 1.54) is 0 Å². The maximum atomic E-state index is 11.9. The number of halogens is 2. The van der Waals surface area contributed by atoms with Gasteiger partial charge in [0.2, 0.25) is 5.91 Å². The Morgan fingerprint density at radius 3 is 2.52 bits per heavy atom. The molecule has 0 atom stereocenters. The number of carbonyl (C=O) groups is 2. The van der Waals surface area contributed by atoms with E-state index in [4.69, 9.17) is 23.2 Å². The lowest BCUT2D eigenvalue weighted by Gasteiger charge is -2.36. The summed E-state index contributed by atoms with van der Waals surface area (Å²) in [5.41, 5.74) is 0.0557. The van der Waals surface area contributed by atoms with Crippen LogP contribution in [0.2, 0.25) is 10.0 Å². The van der Waals surface area contributed by atoms with Gasteiger partial charge in [0.05, 0.1) is 5.41 Å². The minimum atomic E-state index is -0.871. The fourth-order valence-corrected chi connectivity index (χ4v) is 3.00. The predicted molar refractivity (Wildman–Crippen MR) is 81.7 cm³/mol. The number of rotatable bonds is 6. The van der Waals surface area contributed by atoms with Gasteiger partial charge in [-0.3, -0.25) is 9.59 Å². The van der Waals surface area contributed by atoms with Crippen LogP contribution in [0, 0.1) is 5.41 Å². The van der Waals surface area contributed by atoms with Gasteiger partial charge in [0.1, 0.15) is 0 Å². The third kappa shape index (κ3) is 3.89. The zero-order chi connectivity index (χ0) is 15.5. The summed E-state index contributed by atoms with van der Waals surface area (Å²) in [5.74, 6) is -1.09. The van der Waals surface area contributed by atoms with E-state index in [2.05, 4.69) is 5.32 Å². The van der Waals surface area contributed by atoms with Gasteiger partial charge in [-0.2, -0.15) is 0 Å². The maximum Gasteiger partial charge on any atom is 0.310 e. The third-order valence-electron chi connectivity index (χ3n) is 3.99. The summed E-state index contributed by atoms with van der Waals surface area (Å²) in [7, 11) is 0. The van der Waals surface area contributed by atoms with Crippen molar-refractivity contribution in [3.8, 4) is 0 Å². The van der Waals surface area contributed by atoms with Crippen molar-refractivity contribution in [2.24, 2.45) is 5.41 Å². The first-order valence-corrected chi connectivity index (χ1v) is 7.63. The molecule has 1 aromatic carbocycles. The maximum absolute atomic E-state index is 11.9. The first kappa shape index (κ1) is 16.1. The molecule has 0 aliphatic heterocycles. The van der Waals surface area contributed by atoms with Crippen LogP contribution in [0.4, 0.5) is 0 Å². The van der Waals surface area contributed by atoms with Gasteiger partial charge in [-0.25, -0.2) is 0 Å². The van der Waals surface area contributed by atoms with Crippen LogP contribution in [-0.4, -0.2) is 23.5 Å². The summed E-state index contributed by atoms with van der Waals surface area (Å²) in [6, 6.07) is 5.23. The fraction of sp³-hybridized carbons (Fsp3) is 0.467. The number of carboxylic acid groups (broad SMARTS) is 1. The summed E-state index contributed by atoms with van der Waals surface area (Å²) < 4.78 is 0. The highest BCUT2D eigenvalue weighted by atomic mass is 35.5. The molecule has 1 saturated carbocycles. The van der Waals surface area contributed by atoms with E-state index < -0.39 is 11.4 Å². The van der Waals surface area contributed by atoms with E-state index in [1.54, 1.807) is 12.1 Å². The summed E-state index contributed by atoms with van der Waals surface area (Å²) in [6.45, 7) is 0.426. The molecule has 0 unspecified atom stereocenters. The van der Waals surface area contributed by atoms with Crippen LogP contribution in [-0.2, 0) is 16.0 Å². The molecule has 0 radical (unpaired) electrons. The van der Waals surface area contributed by atoms with E-state index in [-0.39, 0.29) is 12.3 Å². The molecule has 114 valence electrons. The summed E-state index contributed by atoms with van der Waals surface area (Å²) >= 11 is 11.9. The third-order valence-corrected chi connectivity index (χ3v) is 4.58. The van der Waals surface area contributed by atoms with Gasteiger partial charge >= 0.3 is 5.97 Å². The van der Waals surface area contributed by atoms with Crippen LogP contribution < -0.4 is 5.32 Å². The van der Waals surface area contributed by atoms with Crippen molar-refractivity contribution in [2.45, 2.75) is 32.1 Å². The van der Waals surface area contributed by atoms with E-state index in [0.717, 1.165) is 12.0 Å². The Morgan fingerprint density at radius 1 is 1.29 bits per heavy atom. The topological polar surface area (TPSA) is 66.4 Å². The minimum absolute atomic E-state index is 0.0523. The number of benzene rings is 1. The van der Waals surface area contributed by atoms with Gasteiger partial charge < -0.3 is 10.4 Å². The first-order chi connectivity index (χ1) is 9.93. The molecule has 2 rings (SSSR count). The van der Waals surface area contributed by atoms with Crippen molar-refractivity contribution < 1.29 is 14.7 Å². The Kier molecular flexibility index (Phi) is 5.12.